The van der Waals surface area contributed by atoms with Crippen molar-refractivity contribution in [2.75, 3.05) is 18.0 Å². The van der Waals surface area contributed by atoms with Crippen LogP contribution in [0, 0.1) is 13.8 Å². The number of hydrogen-bond donors (Lipinski definition) is 0. The Morgan fingerprint density at radius 2 is 1.82 bits per heavy atom. The van der Waals surface area contributed by atoms with Gasteiger partial charge in [-0.05, 0) is 49.6 Å². The first-order chi connectivity index (χ1) is 15.9. The molecule has 2 aliphatic heterocycles. The molecule has 3 heterocycles. The normalized spacial score (nSPS) is 19.0. The number of benzene rings is 2. The van der Waals surface area contributed by atoms with E-state index in [0.29, 0.717) is 35.2 Å². The summed E-state index contributed by atoms with van der Waals surface area (Å²) in [5.41, 5.74) is 1.86. The maximum Gasteiger partial charge on any atom is 0.291 e. The van der Waals surface area contributed by atoms with Crippen LogP contribution in [-0.4, -0.2) is 29.8 Å². The minimum absolute atomic E-state index is 0.0320. The molecule has 0 saturated carbocycles. The van der Waals surface area contributed by atoms with E-state index in [1.165, 1.54) is 0 Å². The Balaban J connectivity index is 1.91. The van der Waals surface area contributed by atoms with Crippen LogP contribution in [0.4, 0.5) is 5.69 Å². The van der Waals surface area contributed by atoms with Crippen LogP contribution >= 0.6 is 0 Å². The molecule has 0 unspecified atom stereocenters. The van der Waals surface area contributed by atoms with Crippen LogP contribution in [0.25, 0.3) is 11.0 Å². The summed E-state index contributed by atoms with van der Waals surface area (Å²) >= 11 is 0. The number of anilines is 1. The number of hydrogen-bond acceptors (Lipinski definition) is 4. The first-order valence-corrected chi connectivity index (χ1v) is 11.3. The molecule has 33 heavy (non-hydrogen) atoms. The van der Waals surface area contributed by atoms with E-state index in [2.05, 4.69) is 6.58 Å². The third-order valence-electron chi connectivity index (χ3n) is 6.90. The molecule has 1 aromatic heterocycles. The number of unbranched alkanes of at least 4 members (excludes halogenated alkanes) is 1. The van der Waals surface area contributed by atoms with Gasteiger partial charge in [-0.2, -0.15) is 0 Å². The lowest BCUT2D eigenvalue weighted by Crippen LogP contribution is -2.53. The van der Waals surface area contributed by atoms with E-state index in [-0.39, 0.29) is 29.2 Å². The summed E-state index contributed by atoms with van der Waals surface area (Å²) in [6.45, 7) is 10.3. The van der Waals surface area contributed by atoms with Gasteiger partial charge >= 0.3 is 0 Å². The monoisotopic (exact) mass is 442 g/mol. The lowest BCUT2D eigenvalue weighted by Gasteiger charge is -2.34. The molecule has 5 rings (SSSR count). The molecule has 0 saturated heterocycles. The summed E-state index contributed by atoms with van der Waals surface area (Å²) in [6.07, 6.45) is 3.19. The third-order valence-corrected chi connectivity index (χ3v) is 6.90. The fourth-order valence-corrected chi connectivity index (χ4v) is 5.17. The Morgan fingerprint density at radius 1 is 1.09 bits per heavy atom. The predicted octanol–water partition coefficient (Wildman–Crippen LogP) is 4.44. The molecule has 6 nitrogen and oxygen atoms in total. The average molecular weight is 443 g/mol. The highest BCUT2D eigenvalue weighted by molar-refractivity contribution is 6.17. The lowest BCUT2D eigenvalue weighted by molar-refractivity contribution is -0.126. The molecule has 2 amide bonds. The van der Waals surface area contributed by atoms with Gasteiger partial charge in [-0.1, -0.05) is 37.6 Å². The number of carbonyl (C=O) groups is 2. The van der Waals surface area contributed by atoms with Crippen LogP contribution in [-0.2, 0) is 10.3 Å². The fourth-order valence-electron chi connectivity index (χ4n) is 5.17. The van der Waals surface area contributed by atoms with Gasteiger partial charge in [0, 0.05) is 18.7 Å². The van der Waals surface area contributed by atoms with Crippen molar-refractivity contribution in [3.05, 3.63) is 87.3 Å². The average Bonchev–Trinajstić information content (AvgIpc) is 3.19. The molecule has 2 aromatic carbocycles. The van der Waals surface area contributed by atoms with Crippen molar-refractivity contribution in [3.8, 4) is 0 Å². The Hall–Kier alpha value is -3.67. The minimum atomic E-state index is -1.53. The summed E-state index contributed by atoms with van der Waals surface area (Å²) in [5.74, 6) is -0.767. The zero-order chi connectivity index (χ0) is 23.5. The maximum absolute atomic E-state index is 14.2. The van der Waals surface area contributed by atoms with Gasteiger partial charge in [0.05, 0.1) is 16.6 Å². The van der Waals surface area contributed by atoms with E-state index in [1.54, 1.807) is 28.0 Å². The van der Waals surface area contributed by atoms with Crippen LogP contribution in [0.2, 0.25) is 0 Å². The molecule has 0 aliphatic carbocycles. The largest absolute Gasteiger partial charge is 0.450 e. The van der Waals surface area contributed by atoms with Gasteiger partial charge in [-0.3, -0.25) is 14.4 Å². The molecule has 3 aromatic rings. The van der Waals surface area contributed by atoms with Gasteiger partial charge in [0.25, 0.3) is 11.8 Å². The molecule has 2 aliphatic rings. The second kappa shape index (κ2) is 7.44. The minimum Gasteiger partial charge on any atom is -0.450 e. The molecule has 0 fully saturated rings. The van der Waals surface area contributed by atoms with Gasteiger partial charge in [-0.25, -0.2) is 0 Å². The quantitative estimate of drug-likeness (QED) is 0.548. The molecule has 6 heteroatoms. The van der Waals surface area contributed by atoms with Crippen molar-refractivity contribution in [2.24, 2.45) is 0 Å². The smallest absolute Gasteiger partial charge is 0.291 e. The van der Waals surface area contributed by atoms with Crippen molar-refractivity contribution in [3.63, 3.8) is 0 Å². The number of rotatable bonds is 5. The van der Waals surface area contributed by atoms with E-state index in [0.717, 1.165) is 17.5 Å². The van der Waals surface area contributed by atoms with Crippen molar-refractivity contribution < 1.29 is 14.0 Å². The first kappa shape index (κ1) is 21.2. The van der Waals surface area contributed by atoms with Crippen molar-refractivity contribution in [1.82, 2.24) is 4.90 Å². The highest BCUT2D eigenvalue weighted by Crippen LogP contribution is 2.52. The summed E-state index contributed by atoms with van der Waals surface area (Å²) in [6, 6.07) is 10.9. The van der Waals surface area contributed by atoms with Crippen LogP contribution in [0.1, 0.15) is 52.6 Å². The molecular formula is C27H26N2O4. The number of nitrogens with zero attached hydrogens (tertiary/aromatic N) is 2. The number of fused-ring (bicyclic) bond motifs is 5. The molecule has 168 valence electrons. The Bertz CT molecular complexity index is 1400. The second-order valence-corrected chi connectivity index (χ2v) is 8.81. The Kier molecular flexibility index (Phi) is 4.78. The topological polar surface area (TPSA) is 70.8 Å². The van der Waals surface area contributed by atoms with E-state index in [9.17, 15) is 14.4 Å². The van der Waals surface area contributed by atoms with Gasteiger partial charge in [0.15, 0.2) is 11.0 Å². The number of para-hydroxylation sites is 1. The molecule has 1 atom stereocenters. The SMILES string of the molecule is C=CCN1C(=O)[C@]2(c3ccccc31)c1c(oc3cc(C)c(C)cc3c1=O)C(=O)N2CCCC. The fraction of sp³-hybridized carbons (Fsp3) is 0.296. The van der Waals surface area contributed by atoms with Crippen molar-refractivity contribution >= 4 is 28.5 Å². The van der Waals surface area contributed by atoms with Gasteiger partial charge < -0.3 is 14.2 Å². The Labute approximate surface area is 192 Å². The number of aryl methyl sites for hydroxylation is 2. The summed E-state index contributed by atoms with van der Waals surface area (Å²) in [4.78, 5) is 45.1. The van der Waals surface area contributed by atoms with Gasteiger partial charge in [-0.15, -0.1) is 6.58 Å². The van der Waals surface area contributed by atoms with Crippen LogP contribution in [0.5, 0.6) is 0 Å². The van der Waals surface area contributed by atoms with E-state index in [1.807, 2.05) is 45.0 Å². The standard InChI is InChI=1S/C27H26N2O4/c1-5-7-13-29-25(31)24-22(23(30)18-14-16(3)17(4)15-21(18)33-24)27(29)19-10-8-9-11-20(19)28(12-6-2)26(27)32/h6,8-11,14-15H,2,5,7,12-13H2,1,3-4H3/t27-/m0/s1. The summed E-state index contributed by atoms with van der Waals surface area (Å²) in [5, 5.41) is 0.383. The number of carbonyl (C=O) groups excluding carboxylic acids is 2. The molecule has 1 spiro atoms. The highest BCUT2D eigenvalue weighted by Gasteiger charge is 2.64. The molecule has 0 bridgehead atoms. The zero-order valence-corrected chi connectivity index (χ0v) is 19.1. The van der Waals surface area contributed by atoms with E-state index < -0.39 is 11.4 Å². The molecule has 0 N–H and O–H groups in total. The van der Waals surface area contributed by atoms with Crippen LogP contribution in [0.3, 0.4) is 0 Å². The first-order valence-electron chi connectivity index (χ1n) is 11.3. The number of amides is 2. The predicted molar refractivity (Wildman–Crippen MR) is 128 cm³/mol. The van der Waals surface area contributed by atoms with Gasteiger partial charge in [0.1, 0.15) is 5.58 Å². The van der Waals surface area contributed by atoms with E-state index in [4.69, 9.17) is 4.42 Å². The van der Waals surface area contributed by atoms with Crippen LogP contribution in [0.15, 0.2) is 58.3 Å². The molecule has 0 radical (unpaired) electrons. The van der Waals surface area contributed by atoms with Crippen LogP contribution < -0.4 is 10.3 Å². The highest BCUT2D eigenvalue weighted by atomic mass is 16.3. The lowest BCUT2D eigenvalue weighted by atomic mass is 9.83. The summed E-state index contributed by atoms with van der Waals surface area (Å²) in [7, 11) is 0. The van der Waals surface area contributed by atoms with Crippen molar-refractivity contribution in [2.45, 2.75) is 39.2 Å². The second-order valence-electron chi connectivity index (χ2n) is 8.81. The van der Waals surface area contributed by atoms with Crippen molar-refractivity contribution in [1.29, 1.82) is 0 Å². The van der Waals surface area contributed by atoms with Gasteiger partial charge in [0.2, 0.25) is 5.76 Å². The zero-order valence-electron chi connectivity index (χ0n) is 19.1. The maximum atomic E-state index is 14.2. The Morgan fingerprint density at radius 3 is 2.55 bits per heavy atom. The summed E-state index contributed by atoms with van der Waals surface area (Å²) < 4.78 is 6.11. The molecular weight excluding hydrogens is 416 g/mol. The van der Waals surface area contributed by atoms with E-state index >= 15 is 0 Å². The third kappa shape index (κ3) is 2.64.